The van der Waals surface area contributed by atoms with Crippen molar-refractivity contribution in [3.63, 3.8) is 0 Å². The van der Waals surface area contributed by atoms with Crippen molar-refractivity contribution in [3.05, 3.63) is 25.3 Å². The van der Waals surface area contributed by atoms with E-state index >= 15 is 0 Å². The molecule has 1 atom stereocenters. The normalized spacial score (nSPS) is 24.1. The zero-order valence-corrected chi connectivity index (χ0v) is 9.16. The average molecular weight is 196 g/mol. The molecule has 2 nitrogen and oxygen atoms in total. The zero-order valence-electron chi connectivity index (χ0n) is 9.16. The van der Waals surface area contributed by atoms with Crippen LogP contribution in [0.15, 0.2) is 25.3 Å². The van der Waals surface area contributed by atoms with Crippen molar-refractivity contribution in [2.45, 2.75) is 26.1 Å². The lowest BCUT2D eigenvalue weighted by atomic mass is 9.92. The molecule has 0 aromatic carbocycles. The van der Waals surface area contributed by atoms with Crippen LogP contribution in [0.4, 0.5) is 0 Å². The fourth-order valence-corrected chi connectivity index (χ4v) is 1.55. The van der Waals surface area contributed by atoms with Crippen molar-refractivity contribution in [2.24, 2.45) is 11.8 Å². The van der Waals surface area contributed by atoms with Gasteiger partial charge in [-0.05, 0) is 18.1 Å². The summed E-state index contributed by atoms with van der Waals surface area (Å²) in [5.74, 6) is 0.389. The minimum Gasteiger partial charge on any atom is -0.343 e. The SMILES string of the molecule is C=CC1(C=C)OCC([C@@H](C)CC)CO1. The summed E-state index contributed by atoms with van der Waals surface area (Å²) in [6.45, 7) is 13.3. The number of ether oxygens (including phenoxy) is 2. The van der Waals surface area contributed by atoms with Gasteiger partial charge in [0.1, 0.15) is 0 Å². The summed E-state index contributed by atoms with van der Waals surface area (Å²) in [5, 5.41) is 0. The molecule has 1 aliphatic heterocycles. The molecule has 0 bridgehead atoms. The van der Waals surface area contributed by atoms with E-state index in [1.165, 1.54) is 0 Å². The highest BCUT2D eigenvalue weighted by Crippen LogP contribution is 2.28. The molecular formula is C12H20O2. The molecule has 1 aliphatic rings. The smallest absolute Gasteiger partial charge is 0.207 e. The van der Waals surface area contributed by atoms with E-state index in [4.69, 9.17) is 9.47 Å². The molecule has 0 amide bonds. The van der Waals surface area contributed by atoms with E-state index in [9.17, 15) is 0 Å². The molecule has 0 radical (unpaired) electrons. The summed E-state index contributed by atoms with van der Waals surface area (Å²) in [4.78, 5) is 0. The van der Waals surface area contributed by atoms with Crippen molar-refractivity contribution in [3.8, 4) is 0 Å². The molecule has 2 heteroatoms. The van der Waals surface area contributed by atoms with Crippen LogP contribution in [0, 0.1) is 11.8 Å². The van der Waals surface area contributed by atoms with Crippen LogP contribution in [-0.2, 0) is 9.47 Å². The first-order chi connectivity index (χ1) is 6.67. The van der Waals surface area contributed by atoms with Crippen LogP contribution < -0.4 is 0 Å². The van der Waals surface area contributed by atoms with Gasteiger partial charge in [0.2, 0.25) is 5.79 Å². The molecule has 1 saturated heterocycles. The summed E-state index contributed by atoms with van der Waals surface area (Å²) < 4.78 is 11.3. The Morgan fingerprint density at radius 2 is 1.86 bits per heavy atom. The first-order valence-corrected chi connectivity index (χ1v) is 5.22. The highest BCUT2D eigenvalue weighted by Gasteiger charge is 2.33. The Kier molecular flexibility index (Phi) is 3.90. The monoisotopic (exact) mass is 196 g/mol. The van der Waals surface area contributed by atoms with Crippen molar-refractivity contribution < 1.29 is 9.47 Å². The minimum absolute atomic E-state index is 0.494. The molecule has 1 fully saturated rings. The largest absolute Gasteiger partial charge is 0.343 e. The first-order valence-electron chi connectivity index (χ1n) is 5.22. The molecule has 0 aliphatic carbocycles. The van der Waals surface area contributed by atoms with Crippen LogP contribution in [0.1, 0.15) is 20.3 Å². The van der Waals surface area contributed by atoms with Crippen molar-refractivity contribution in [1.82, 2.24) is 0 Å². The fourth-order valence-electron chi connectivity index (χ4n) is 1.55. The third-order valence-corrected chi connectivity index (χ3v) is 3.06. The van der Waals surface area contributed by atoms with Crippen molar-refractivity contribution in [1.29, 1.82) is 0 Å². The van der Waals surface area contributed by atoms with E-state index in [0.29, 0.717) is 11.8 Å². The summed E-state index contributed by atoms with van der Waals surface area (Å²) >= 11 is 0. The van der Waals surface area contributed by atoms with Gasteiger partial charge >= 0.3 is 0 Å². The Balaban J connectivity index is 2.52. The molecule has 0 spiro atoms. The topological polar surface area (TPSA) is 18.5 Å². The highest BCUT2D eigenvalue weighted by molar-refractivity contribution is 5.04. The van der Waals surface area contributed by atoms with E-state index in [2.05, 4.69) is 27.0 Å². The quantitative estimate of drug-likeness (QED) is 0.644. The molecule has 80 valence electrons. The van der Waals surface area contributed by atoms with Crippen LogP contribution in [0.5, 0.6) is 0 Å². The van der Waals surface area contributed by atoms with E-state index < -0.39 is 5.79 Å². The lowest BCUT2D eigenvalue weighted by Crippen LogP contribution is -2.42. The van der Waals surface area contributed by atoms with Gasteiger partial charge in [-0.3, -0.25) is 0 Å². The molecule has 0 aromatic rings. The van der Waals surface area contributed by atoms with Crippen LogP contribution in [0.3, 0.4) is 0 Å². The van der Waals surface area contributed by atoms with E-state index in [1.807, 2.05) is 0 Å². The highest BCUT2D eigenvalue weighted by atomic mass is 16.7. The fraction of sp³-hybridized carbons (Fsp3) is 0.667. The van der Waals surface area contributed by atoms with Gasteiger partial charge in [0.05, 0.1) is 13.2 Å². The number of hydrogen-bond donors (Lipinski definition) is 0. The van der Waals surface area contributed by atoms with E-state index in [1.54, 1.807) is 12.2 Å². The predicted molar refractivity (Wildman–Crippen MR) is 58.0 cm³/mol. The third-order valence-electron chi connectivity index (χ3n) is 3.06. The molecule has 0 aromatic heterocycles. The van der Waals surface area contributed by atoms with Gasteiger partial charge in [-0.1, -0.05) is 33.4 Å². The van der Waals surface area contributed by atoms with Crippen LogP contribution in [0.25, 0.3) is 0 Å². The summed E-state index contributed by atoms with van der Waals surface area (Å²) in [5.41, 5.74) is 0. The summed E-state index contributed by atoms with van der Waals surface area (Å²) in [6, 6.07) is 0. The number of hydrogen-bond acceptors (Lipinski definition) is 2. The average Bonchev–Trinajstić information content (AvgIpc) is 2.28. The Morgan fingerprint density at radius 3 is 2.21 bits per heavy atom. The molecule has 0 saturated carbocycles. The molecule has 1 heterocycles. The Morgan fingerprint density at radius 1 is 1.36 bits per heavy atom. The minimum atomic E-state index is -0.746. The van der Waals surface area contributed by atoms with Gasteiger partial charge in [0.25, 0.3) is 0 Å². The van der Waals surface area contributed by atoms with Crippen molar-refractivity contribution >= 4 is 0 Å². The maximum absolute atomic E-state index is 5.64. The molecule has 0 N–H and O–H groups in total. The van der Waals surface area contributed by atoms with E-state index in [0.717, 1.165) is 19.6 Å². The van der Waals surface area contributed by atoms with Gasteiger partial charge in [-0.2, -0.15) is 0 Å². The lowest BCUT2D eigenvalue weighted by molar-refractivity contribution is -0.232. The second-order valence-corrected chi connectivity index (χ2v) is 3.90. The van der Waals surface area contributed by atoms with Crippen molar-refractivity contribution in [2.75, 3.05) is 13.2 Å². The lowest BCUT2D eigenvalue weighted by Gasteiger charge is -2.37. The third kappa shape index (κ3) is 2.25. The molecule has 1 rings (SSSR count). The second kappa shape index (κ2) is 4.76. The van der Waals surface area contributed by atoms with E-state index in [-0.39, 0.29) is 0 Å². The summed E-state index contributed by atoms with van der Waals surface area (Å²) in [6.07, 6.45) is 4.48. The standard InChI is InChI=1S/C12H20O2/c1-5-10(4)11-8-13-12(6-2,7-3)14-9-11/h6-7,10-11H,2-3,5,8-9H2,1,4H3/t10-/m0/s1. The maximum Gasteiger partial charge on any atom is 0.207 e. The van der Waals surface area contributed by atoms with Gasteiger partial charge in [-0.15, -0.1) is 0 Å². The van der Waals surface area contributed by atoms with Gasteiger partial charge in [0.15, 0.2) is 0 Å². The molecule has 14 heavy (non-hydrogen) atoms. The predicted octanol–water partition coefficient (Wildman–Crippen LogP) is 2.76. The van der Waals surface area contributed by atoms with Crippen LogP contribution >= 0.6 is 0 Å². The van der Waals surface area contributed by atoms with Crippen LogP contribution in [-0.4, -0.2) is 19.0 Å². The van der Waals surface area contributed by atoms with Gasteiger partial charge in [0, 0.05) is 5.92 Å². The van der Waals surface area contributed by atoms with Crippen LogP contribution in [0.2, 0.25) is 0 Å². The maximum atomic E-state index is 5.64. The zero-order chi connectivity index (χ0) is 10.6. The summed E-state index contributed by atoms with van der Waals surface area (Å²) in [7, 11) is 0. The molecular weight excluding hydrogens is 176 g/mol. The Bertz CT molecular complexity index is 192. The Hall–Kier alpha value is -0.600. The first kappa shape index (κ1) is 11.5. The molecule has 0 unspecified atom stereocenters. The van der Waals surface area contributed by atoms with Gasteiger partial charge in [-0.25, -0.2) is 0 Å². The number of rotatable bonds is 4. The van der Waals surface area contributed by atoms with Gasteiger partial charge < -0.3 is 9.47 Å². The second-order valence-electron chi connectivity index (χ2n) is 3.90. The Labute approximate surface area is 86.6 Å².